The predicted octanol–water partition coefficient (Wildman–Crippen LogP) is 16.4. The summed E-state index contributed by atoms with van der Waals surface area (Å²) in [6, 6.07) is 72.6. The minimum absolute atomic E-state index is 0.926. The highest BCUT2D eigenvalue weighted by atomic mass is 79.9. The maximum Gasteiger partial charge on any atom is 0.0702 e. The summed E-state index contributed by atoms with van der Waals surface area (Å²) in [7, 11) is 0. The normalized spacial score (nSPS) is 11.1. The summed E-state index contributed by atoms with van der Waals surface area (Å²) >= 11 is 7.23. The number of benzene rings is 7. The second-order valence-electron chi connectivity index (χ2n) is 15.1. The van der Waals surface area contributed by atoms with Crippen molar-refractivity contribution in [3.05, 3.63) is 234 Å². The van der Waals surface area contributed by atoms with Crippen LogP contribution in [0.1, 0.15) is 0 Å². The van der Waals surface area contributed by atoms with E-state index in [2.05, 4.69) is 196 Å². The van der Waals surface area contributed by atoms with Crippen molar-refractivity contribution in [2.75, 3.05) is 0 Å². The lowest BCUT2D eigenvalue weighted by molar-refractivity contribution is 1.32. The van der Waals surface area contributed by atoms with Gasteiger partial charge in [0, 0.05) is 60.9 Å². The molecular weight excluding hydrogens is 886 g/mol. The summed E-state index contributed by atoms with van der Waals surface area (Å²) in [5.41, 5.74) is 19.2. The van der Waals surface area contributed by atoms with Gasteiger partial charge in [-0.25, -0.2) is 0 Å². The van der Waals surface area contributed by atoms with Crippen LogP contribution >= 0.6 is 31.9 Å². The van der Waals surface area contributed by atoms with E-state index in [1.807, 2.05) is 61.1 Å². The summed E-state index contributed by atoms with van der Waals surface area (Å²) in [6.45, 7) is 0. The van der Waals surface area contributed by atoms with Crippen LogP contribution in [0.25, 0.3) is 101 Å². The molecule has 0 saturated heterocycles. The van der Waals surface area contributed by atoms with Gasteiger partial charge in [0.25, 0.3) is 0 Å². The topological polar surface area (TPSA) is 38.7 Å². The highest BCUT2D eigenvalue weighted by Gasteiger charge is 2.17. The van der Waals surface area contributed by atoms with Crippen molar-refractivity contribution in [1.29, 1.82) is 0 Å². The molecule has 3 nitrogen and oxygen atoms in total. The maximum atomic E-state index is 4.94. The van der Waals surface area contributed by atoms with Crippen molar-refractivity contribution in [1.82, 2.24) is 15.0 Å². The van der Waals surface area contributed by atoms with Gasteiger partial charge < -0.3 is 0 Å². The molecule has 0 atom stereocenters. The van der Waals surface area contributed by atoms with E-state index in [0.29, 0.717) is 0 Å². The van der Waals surface area contributed by atoms with E-state index in [1.54, 1.807) is 0 Å². The Bertz CT molecular complexity index is 3030. The van der Waals surface area contributed by atoms with Crippen molar-refractivity contribution >= 4 is 31.9 Å². The van der Waals surface area contributed by atoms with Crippen LogP contribution in [0.2, 0.25) is 0 Å². The number of pyridine rings is 3. The third kappa shape index (κ3) is 8.21. The van der Waals surface area contributed by atoms with Crippen LogP contribution in [-0.2, 0) is 0 Å². The molecule has 0 aliphatic rings. The van der Waals surface area contributed by atoms with Gasteiger partial charge in [0.05, 0.1) is 17.1 Å². The van der Waals surface area contributed by atoms with Gasteiger partial charge in [-0.15, -0.1) is 0 Å². The molecule has 10 rings (SSSR count). The molecule has 294 valence electrons. The molecule has 0 amide bonds. The lowest BCUT2D eigenvalue weighted by Crippen LogP contribution is -1.93. The molecule has 7 aromatic carbocycles. The van der Waals surface area contributed by atoms with Crippen LogP contribution in [0, 0.1) is 0 Å². The molecule has 0 aliphatic carbocycles. The molecule has 5 heteroatoms. The summed E-state index contributed by atoms with van der Waals surface area (Å²) in [5, 5.41) is 0. The number of aromatic nitrogens is 3. The highest BCUT2D eigenvalue weighted by Crippen LogP contribution is 2.42. The number of halogens is 2. The van der Waals surface area contributed by atoms with E-state index in [0.717, 1.165) is 109 Å². The molecule has 0 unspecified atom stereocenters. The number of rotatable bonds is 9. The Morgan fingerprint density at radius 2 is 0.532 bits per heavy atom. The first-order valence-electron chi connectivity index (χ1n) is 20.4. The van der Waals surface area contributed by atoms with E-state index >= 15 is 0 Å². The lowest BCUT2D eigenvalue weighted by Gasteiger charge is -2.18. The van der Waals surface area contributed by atoms with Crippen molar-refractivity contribution in [3.63, 3.8) is 0 Å². The third-order valence-electron chi connectivity index (χ3n) is 11.2. The van der Waals surface area contributed by atoms with Gasteiger partial charge in [0.15, 0.2) is 0 Å². The molecule has 0 radical (unpaired) electrons. The average molecular weight is 924 g/mol. The summed E-state index contributed by atoms with van der Waals surface area (Å²) in [6.07, 6.45) is 5.97. The zero-order valence-corrected chi connectivity index (χ0v) is 36.6. The number of hydrogen-bond acceptors (Lipinski definition) is 3. The van der Waals surface area contributed by atoms with E-state index < -0.39 is 0 Å². The van der Waals surface area contributed by atoms with Gasteiger partial charge in [-0.3, -0.25) is 15.0 Å². The predicted molar refractivity (Wildman–Crippen MR) is 264 cm³/mol. The smallest absolute Gasteiger partial charge is 0.0702 e. The zero-order chi connectivity index (χ0) is 41.8. The molecular formula is C57H37Br2N3. The van der Waals surface area contributed by atoms with Crippen LogP contribution in [0.4, 0.5) is 0 Å². The van der Waals surface area contributed by atoms with Crippen LogP contribution in [0.3, 0.4) is 0 Å². The van der Waals surface area contributed by atoms with Gasteiger partial charge >= 0.3 is 0 Å². The first-order valence-corrected chi connectivity index (χ1v) is 22.0. The molecule has 0 N–H and O–H groups in total. The Morgan fingerprint density at radius 1 is 0.226 bits per heavy atom. The van der Waals surface area contributed by atoms with Crippen LogP contribution in [0.5, 0.6) is 0 Å². The van der Waals surface area contributed by atoms with Crippen molar-refractivity contribution in [2.45, 2.75) is 0 Å². The first kappa shape index (κ1) is 39.1. The van der Waals surface area contributed by atoms with Crippen LogP contribution in [-0.4, -0.2) is 15.0 Å². The molecule has 0 saturated carbocycles. The second-order valence-corrected chi connectivity index (χ2v) is 17.0. The van der Waals surface area contributed by atoms with Crippen LogP contribution < -0.4 is 0 Å². The zero-order valence-electron chi connectivity index (χ0n) is 33.5. The molecule has 0 bridgehead atoms. The van der Waals surface area contributed by atoms with E-state index in [-0.39, 0.29) is 0 Å². The molecule has 0 fully saturated rings. The van der Waals surface area contributed by atoms with Crippen LogP contribution in [0.15, 0.2) is 234 Å². The number of nitrogens with zero attached hydrogens (tertiary/aromatic N) is 3. The molecule has 62 heavy (non-hydrogen) atoms. The van der Waals surface area contributed by atoms with Gasteiger partial charge in [-0.1, -0.05) is 177 Å². The maximum absolute atomic E-state index is 4.94. The summed E-state index contributed by atoms with van der Waals surface area (Å²) < 4.78 is 2.05. The minimum Gasteiger partial charge on any atom is -0.256 e. The molecule has 0 spiro atoms. The first-order chi connectivity index (χ1) is 30.5. The Hall–Kier alpha value is -7.05. The summed E-state index contributed by atoms with van der Waals surface area (Å²) in [5.74, 6) is 0. The third-order valence-corrected chi connectivity index (χ3v) is 12.2. The van der Waals surface area contributed by atoms with Gasteiger partial charge in [-0.05, 0) is 111 Å². The monoisotopic (exact) mass is 921 g/mol. The average Bonchev–Trinajstić information content (AvgIpc) is 3.34. The highest BCUT2D eigenvalue weighted by molar-refractivity contribution is 9.10. The van der Waals surface area contributed by atoms with Crippen molar-refractivity contribution < 1.29 is 0 Å². The quantitative estimate of drug-likeness (QED) is 0.145. The SMILES string of the molecule is Brc1cccc(-c2ccc(-c3ccccc3-c3cc(-c4ccccc4-c4ccc(-c5ccccc5)nc4)cc(-c4ccccc4-c4ccc(-c5cccc(Br)c5)nc4)c3)cn2)c1. The Balaban J connectivity index is 1.11. The standard InChI is InChI=1S/C57H37Br2N3/c58-47-16-10-14-39(33-47)56-28-25-42(36-61-56)50-19-5-8-22-53(50)45-30-44(52-21-7-4-18-49(52)41-24-27-55(60-35-41)38-12-2-1-3-13-38)31-46(32-45)54-23-9-6-20-51(54)43-26-29-57(62-37-43)40-15-11-17-48(59)34-40/h1-37H. The van der Waals surface area contributed by atoms with E-state index in [4.69, 9.17) is 15.0 Å². The Kier molecular flexibility index (Phi) is 11.0. The van der Waals surface area contributed by atoms with E-state index in [9.17, 15) is 0 Å². The van der Waals surface area contributed by atoms with Gasteiger partial charge in [0.1, 0.15) is 0 Å². The Labute approximate surface area is 378 Å². The largest absolute Gasteiger partial charge is 0.256 e. The lowest BCUT2D eigenvalue weighted by atomic mass is 9.86. The minimum atomic E-state index is 0.926. The van der Waals surface area contributed by atoms with Gasteiger partial charge in [0.2, 0.25) is 0 Å². The number of hydrogen-bond donors (Lipinski definition) is 0. The fraction of sp³-hybridized carbons (Fsp3) is 0. The van der Waals surface area contributed by atoms with Crippen molar-refractivity contribution in [2.24, 2.45) is 0 Å². The molecule has 10 aromatic rings. The van der Waals surface area contributed by atoms with Crippen molar-refractivity contribution in [3.8, 4) is 101 Å². The molecule has 0 aliphatic heterocycles. The second kappa shape index (κ2) is 17.5. The molecule has 3 heterocycles. The van der Waals surface area contributed by atoms with Gasteiger partial charge in [-0.2, -0.15) is 0 Å². The van der Waals surface area contributed by atoms with E-state index in [1.165, 1.54) is 0 Å². The Morgan fingerprint density at radius 3 is 0.855 bits per heavy atom. The fourth-order valence-corrected chi connectivity index (χ4v) is 8.93. The fourth-order valence-electron chi connectivity index (χ4n) is 8.13. The summed E-state index contributed by atoms with van der Waals surface area (Å²) in [4.78, 5) is 14.8. The molecule has 3 aromatic heterocycles.